The Kier molecular flexibility index (Phi) is 3.34. The minimum atomic E-state index is 0.427. The molecule has 1 N–H and O–H groups in total. The van der Waals surface area contributed by atoms with E-state index in [0.717, 1.165) is 19.6 Å². The van der Waals surface area contributed by atoms with Crippen LogP contribution in [0.25, 0.3) is 0 Å². The van der Waals surface area contributed by atoms with E-state index in [0.29, 0.717) is 12.1 Å². The highest BCUT2D eigenvalue weighted by atomic mass is 15.2. The van der Waals surface area contributed by atoms with Gasteiger partial charge in [0.05, 0.1) is 5.69 Å². The molecule has 82 valence electrons. The first kappa shape index (κ1) is 10.6. The van der Waals surface area contributed by atoms with Crippen molar-refractivity contribution >= 4 is 0 Å². The molecule has 0 aromatic carbocycles. The first-order chi connectivity index (χ1) is 7.27. The smallest absolute Gasteiger partial charge is 0.0572 e. The van der Waals surface area contributed by atoms with Crippen LogP contribution in [0, 0.1) is 0 Å². The van der Waals surface area contributed by atoms with E-state index in [1.165, 1.54) is 5.69 Å². The number of hydrogen-bond acceptors (Lipinski definition) is 3. The monoisotopic (exact) mass is 205 g/mol. The Labute approximate surface area is 91.5 Å². The van der Waals surface area contributed by atoms with Gasteiger partial charge in [-0.05, 0) is 26.0 Å². The van der Waals surface area contributed by atoms with Crippen LogP contribution in [0.4, 0.5) is 0 Å². The highest BCUT2D eigenvalue weighted by Crippen LogP contribution is 2.18. The fraction of sp³-hybridized carbons (Fsp3) is 0.583. The maximum absolute atomic E-state index is 4.42. The van der Waals surface area contributed by atoms with Crippen LogP contribution in [0.15, 0.2) is 24.4 Å². The number of nitrogens with zero attached hydrogens (tertiary/aromatic N) is 2. The summed E-state index contributed by atoms with van der Waals surface area (Å²) in [4.78, 5) is 6.91. The molecule has 1 aliphatic heterocycles. The summed E-state index contributed by atoms with van der Waals surface area (Å²) in [5.41, 5.74) is 1.17. The van der Waals surface area contributed by atoms with E-state index in [1.54, 1.807) is 0 Å². The lowest BCUT2D eigenvalue weighted by atomic mass is 10.1. The summed E-state index contributed by atoms with van der Waals surface area (Å²) in [6.07, 6.45) is 1.87. The Bertz CT molecular complexity index is 299. The zero-order valence-corrected chi connectivity index (χ0v) is 9.48. The quantitative estimate of drug-likeness (QED) is 0.792. The van der Waals surface area contributed by atoms with Crippen LogP contribution in [0.3, 0.4) is 0 Å². The van der Waals surface area contributed by atoms with Gasteiger partial charge in [0.2, 0.25) is 0 Å². The van der Waals surface area contributed by atoms with E-state index in [4.69, 9.17) is 0 Å². The molecule has 0 bridgehead atoms. The molecule has 15 heavy (non-hydrogen) atoms. The summed E-state index contributed by atoms with van der Waals surface area (Å²) >= 11 is 0. The van der Waals surface area contributed by atoms with E-state index < -0.39 is 0 Å². The number of aromatic nitrogens is 1. The van der Waals surface area contributed by atoms with E-state index in [1.807, 2.05) is 12.3 Å². The molecule has 2 heterocycles. The van der Waals surface area contributed by atoms with Gasteiger partial charge in [0.25, 0.3) is 0 Å². The molecule has 0 spiro atoms. The summed E-state index contributed by atoms with van der Waals surface area (Å²) in [6.45, 7) is 7.77. The minimum absolute atomic E-state index is 0.427. The molecular weight excluding hydrogens is 186 g/mol. The Hall–Kier alpha value is -0.930. The van der Waals surface area contributed by atoms with Gasteiger partial charge in [0, 0.05) is 37.9 Å². The predicted octanol–water partition coefficient (Wildman–Crippen LogP) is 1.44. The number of hydrogen-bond donors (Lipinski definition) is 1. The average Bonchev–Trinajstić information content (AvgIpc) is 2.29. The Balaban J connectivity index is 2.04. The van der Waals surface area contributed by atoms with Gasteiger partial charge in [-0.15, -0.1) is 0 Å². The van der Waals surface area contributed by atoms with Gasteiger partial charge in [-0.25, -0.2) is 0 Å². The Morgan fingerprint density at radius 1 is 1.53 bits per heavy atom. The molecule has 3 heteroatoms. The summed E-state index contributed by atoms with van der Waals surface area (Å²) in [5.74, 6) is 0. The topological polar surface area (TPSA) is 28.2 Å². The Morgan fingerprint density at radius 2 is 2.40 bits per heavy atom. The standard InChI is InChI=1S/C12H19N3/c1-10-9-15(8-7-13-10)11(2)12-5-3-4-6-14-12/h3-6,10-11,13H,7-9H2,1-2H3/t10-,11+/m0/s1. The summed E-state index contributed by atoms with van der Waals surface area (Å²) in [5, 5.41) is 3.46. The van der Waals surface area contributed by atoms with Crippen LogP contribution in [0.1, 0.15) is 25.6 Å². The van der Waals surface area contributed by atoms with Crippen molar-refractivity contribution in [1.82, 2.24) is 15.2 Å². The zero-order valence-electron chi connectivity index (χ0n) is 9.48. The molecule has 0 aliphatic carbocycles. The van der Waals surface area contributed by atoms with E-state index in [2.05, 4.69) is 41.2 Å². The lowest BCUT2D eigenvalue weighted by Gasteiger charge is -2.35. The molecule has 0 amide bonds. The second kappa shape index (κ2) is 4.73. The van der Waals surface area contributed by atoms with Crippen molar-refractivity contribution in [3.8, 4) is 0 Å². The molecule has 2 rings (SSSR count). The molecule has 3 nitrogen and oxygen atoms in total. The summed E-state index contributed by atoms with van der Waals surface area (Å²) in [6, 6.07) is 7.15. The van der Waals surface area contributed by atoms with E-state index in [-0.39, 0.29) is 0 Å². The van der Waals surface area contributed by atoms with Crippen molar-refractivity contribution in [2.45, 2.75) is 25.9 Å². The fourth-order valence-corrected chi connectivity index (χ4v) is 2.12. The normalized spacial score (nSPS) is 25.1. The number of pyridine rings is 1. The van der Waals surface area contributed by atoms with Gasteiger partial charge in [-0.1, -0.05) is 6.07 Å². The molecule has 2 atom stereocenters. The Morgan fingerprint density at radius 3 is 3.07 bits per heavy atom. The van der Waals surface area contributed by atoms with Crippen molar-refractivity contribution < 1.29 is 0 Å². The highest BCUT2D eigenvalue weighted by Gasteiger charge is 2.21. The molecule has 0 radical (unpaired) electrons. The lowest BCUT2D eigenvalue weighted by molar-refractivity contribution is 0.156. The zero-order chi connectivity index (χ0) is 10.7. The molecule has 1 aliphatic rings. The molecular formula is C12H19N3. The van der Waals surface area contributed by atoms with E-state index >= 15 is 0 Å². The second-order valence-electron chi connectivity index (χ2n) is 4.28. The number of nitrogens with one attached hydrogen (secondary N) is 1. The molecule has 1 saturated heterocycles. The average molecular weight is 205 g/mol. The van der Waals surface area contributed by atoms with Gasteiger partial charge in [-0.3, -0.25) is 9.88 Å². The summed E-state index contributed by atoms with van der Waals surface area (Å²) in [7, 11) is 0. The molecule has 1 fully saturated rings. The van der Waals surface area contributed by atoms with Crippen LogP contribution in [0.2, 0.25) is 0 Å². The fourth-order valence-electron chi connectivity index (χ4n) is 2.12. The van der Waals surface area contributed by atoms with Crippen LogP contribution in [0.5, 0.6) is 0 Å². The largest absolute Gasteiger partial charge is 0.312 e. The molecule has 0 saturated carbocycles. The minimum Gasteiger partial charge on any atom is -0.312 e. The van der Waals surface area contributed by atoms with Crippen molar-refractivity contribution in [3.63, 3.8) is 0 Å². The first-order valence-corrected chi connectivity index (χ1v) is 5.65. The van der Waals surface area contributed by atoms with Gasteiger partial charge in [0.1, 0.15) is 0 Å². The van der Waals surface area contributed by atoms with Crippen LogP contribution in [-0.4, -0.2) is 35.6 Å². The highest BCUT2D eigenvalue weighted by molar-refractivity contribution is 5.08. The van der Waals surface area contributed by atoms with Gasteiger partial charge >= 0.3 is 0 Å². The lowest BCUT2D eigenvalue weighted by Crippen LogP contribution is -2.49. The third-order valence-corrected chi connectivity index (χ3v) is 3.06. The van der Waals surface area contributed by atoms with Crippen molar-refractivity contribution in [2.75, 3.05) is 19.6 Å². The van der Waals surface area contributed by atoms with Crippen molar-refractivity contribution in [2.24, 2.45) is 0 Å². The van der Waals surface area contributed by atoms with Gasteiger partial charge in [0.15, 0.2) is 0 Å². The molecule has 1 aromatic rings. The summed E-state index contributed by atoms with van der Waals surface area (Å²) < 4.78 is 0. The van der Waals surface area contributed by atoms with Crippen LogP contribution >= 0.6 is 0 Å². The third kappa shape index (κ3) is 2.55. The van der Waals surface area contributed by atoms with Crippen molar-refractivity contribution in [3.05, 3.63) is 30.1 Å². The number of rotatable bonds is 2. The van der Waals surface area contributed by atoms with Crippen molar-refractivity contribution in [1.29, 1.82) is 0 Å². The second-order valence-corrected chi connectivity index (χ2v) is 4.28. The third-order valence-electron chi connectivity index (χ3n) is 3.06. The maximum atomic E-state index is 4.42. The number of piperazine rings is 1. The predicted molar refractivity (Wildman–Crippen MR) is 61.7 cm³/mol. The molecule has 1 aromatic heterocycles. The van der Waals surface area contributed by atoms with Gasteiger partial charge < -0.3 is 5.32 Å². The first-order valence-electron chi connectivity index (χ1n) is 5.65. The van der Waals surface area contributed by atoms with Gasteiger partial charge in [-0.2, -0.15) is 0 Å². The molecule has 0 unspecified atom stereocenters. The SMILES string of the molecule is C[C@H](c1ccccn1)N1CCN[C@@H](C)C1. The van der Waals surface area contributed by atoms with Crippen LogP contribution in [-0.2, 0) is 0 Å². The van der Waals surface area contributed by atoms with Crippen LogP contribution < -0.4 is 5.32 Å². The van der Waals surface area contributed by atoms with E-state index in [9.17, 15) is 0 Å². The maximum Gasteiger partial charge on any atom is 0.0572 e.